The number of aromatic nitrogens is 3. The number of imidazole rings is 1. The molecule has 4 rings (SSSR count). The van der Waals surface area contributed by atoms with Gasteiger partial charge in [0.15, 0.2) is 6.29 Å². The largest absolute Gasteiger partial charge is 0.489 e. The Kier molecular flexibility index (Phi) is 3.84. The van der Waals surface area contributed by atoms with Crippen LogP contribution in [-0.2, 0) is 6.54 Å². The van der Waals surface area contributed by atoms with Gasteiger partial charge in [-0.15, -0.1) is 0 Å². The number of rotatable bonds is 7. The van der Waals surface area contributed by atoms with Crippen molar-refractivity contribution >= 4 is 17.2 Å². The lowest BCUT2D eigenvalue weighted by Crippen LogP contribution is -2.13. The summed E-state index contributed by atoms with van der Waals surface area (Å²) in [6.45, 7) is 3.55. The molecule has 0 amide bonds. The number of carbonyl (C=O) groups excluding carboxylic acids is 1. The summed E-state index contributed by atoms with van der Waals surface area (Å²) in [5.74, 6) is 1.53. The van der Waals surface area contributed by atoms with Crippen LogP contribution in [0.15, 0.2) is 43.0 Å². The molecule has 1 aliphatic carbocycles. The smallest absolute Gasteiger partial charge is 0.166 e. The van der Waals surface area contributed by atoms with E-state index in [1.54, 1.807) is 12.5 Å². The highest BCUT2D eigenvalue weighted by Gasteiger charge is 2.24. The first kappa shape index (κ1) is 15.0. The number of hydrogen-bond donors (Lipinski definition) is 0. The monoisotopic (exact) mass is 323 g/mol. The third kappa shape index (κ3) is 2.82. The maximum atomic E-state index is 11.5. The van der Waals surface area contributed by atoms with Crippen molar-refractivity contribution in [1.82, 2.24) is 14.1 Å². The van der Waals surface area contributed by atoms with Gasteiger partial charge in [0.2, 0.25) is 0 Å². The van der Waals surface area contributed by atoms with Crippen LogP contribution in [0, 0.1) is 5.92 Å². The van der Waals surface area contributed by atoms with Crippen molar-refractivity contribution < 1.29 is 9.53 Å². The molecule has 0 bridgehead atoms. The summed E-state index contributed by atoms with van der Waals surface area (Å²) >= 11 is 0. The van der Waals surface area contributed by atoms with Gasteiger partial charge in [-0.3, -0.25) is 4.79 Å². The van der Waals surface area contributed by atoms with Gasteiger partial charge in [-0.25, -0.2) is 4.98 Å². The lowest BCUT2D eigenvalue weighted by molar-refractivity contribution is 0.111. The Hall–Kier alpha value is -2.56. The number of para-hydroxylation sites is 1. The normalized spacial score (nSPS) is 15.5. The molecule has 0 saturated heterocycles. The van der Waals surface area contributed by atoms with Crippen LogP contribution in [0.25, 0.3) is 10.9 Å². The third-order valence-corrected chi connectivity index (χ3v) is 4.69. The number of nitrogens with zero attached hydrogens (tertiary/aromatic N) is 3. The molecule has 0 N–H and O–H groups in total. The zero-order valence-electron chi connectivity index (χ0n) is 13.8. The molecule has 5 nitrogen and oxygen atoms in total. The van der Waals surface area contributed by atoms with E-state index in [1.165, 1.54) is 12.8 Å². The highest BCUT2D eigenvalue weighted by atomic mass is 16.5. The van der Waals surface area contributed by atoms with Crippen molar-refractivity contribution in [3.05, 3.63) is 48.7 Å². The Balaban J connectivity index is 1.64. The zero-order valence-corrected chi connectivity index (χ0v) is 13.8. The Morgan fingerprint density at radius 3 is 3.00 bits per heavy atom. The average Bonchev–Trinajstić information content (AvgIpc) is 3.11. The molecule has 1 atom stereocenters. The van der Waals surface area contributed by atoms with Crippen molar-refractivity contribution in [2.45, 2.75) is 32.4 Å². The quantitative estimate of drug-likeness (QED) is 0.623. The highest BCUT2D eigenvalue weighted by Crippen LogP contribution is 2.35. The first-order valence-corrected chi connectivity index (χ1v) is 8.44. The maximum absolute atomic E-state index is 11.5. The Morgan fingerprint density at radius 1 is 1.42 bits per heavy atom. The third-order valence-electron chi connectivity index (χ3n) is 4.69. The topological polar surface area (TPSA) is 49.0 Å². The molecular weight excluding hydrogens is 302 g/mol. The molecule has 124 valence electrons. The molecule has 24 heavy (non-hydrogen) atoms. The molecule has 1 fully saturated rings. The minimum atomic E-state index is 0.195. The molecule has 1 aromatic carbocycles. The summed E-state index contributed by atoms with van der Waals surface area (Å²) in [5, 5.41) is 1.06. The molecule has 5 heteroatoms. The fraction of sp³-hybridized carbons (Fsp3) is 0.368. The second-order valence-electron chi connectivity index (χ2n) is 6.60. The Morgan fingerprint density at radius 2 is 2.29 bits per heavy atom. The summed E-state index contributed by atoms with van der Waals surface area (Å²) in [6, 6.07) is 8.16. The van der Waals surface area contributed by atoms with Gasteiger partial charge >= 0.3 is 0 Å². The van der Waals surface area contributed by atoms with Crippen LogP contribution in [-0.4, -0.2) is 27.0 Å². The number of fused-ring (bicyclic) bond motifs is 1. The zero-order chi connectivity index (χ0) is 16.5. The van der Waals surface area contributed by atoms with E-state index >= 15 is 0 Å². The fourth-order valence-corrected chi connectivity index (χ4v) is 3.11. The first-order chi connectivity index (χ1) is 11.8. The van der Waals surface area contributed by atoms with Gasteiger partial charge in [0.25, 0.3) is 0 Å². The van der Waals surface area contributed by atoms with Crippen LogP contribution < -0.4 is 4.74 Å². The summed E-state index contributed by atoms with van der Waals surface area (Å²) in [5.41, 5.74) is 1.76. The molecule has 1 saturated carbocycles. The van der Waals surface area contributed by atoms with E-state index in [4.69, 9.17) is 4.74 Å². The molecular formula is C19H21N3O2. The van der Waals surface area contributed by atoms with Crippen LogP contribution in [0.3, 0.4) is 0 Å². The van der Waals surface area contributed by atoms with Gasteiger partial charge in [0.05, 0.1) is 23.6 Å². The number of benzene rings is 1. The fourth-order valence-electron chi connectivity index (χ4n) is 3.11. The predicted molar refractivity (Wildman–Crippen MR) is 92.5 cm³/mol. The molecule has 2 aromatic heterocycles. The van der Waals surface area contributed by atoms with Gasteiger partial charge in [0, 0.05) is 24.3 Å². The molecule has 1 aliphatic rings. The van der Waals surface area contributed by atoms with Crippen LogP contribution in [0.2, 0.25) is 0 Å². The lowest BCUT2D eigenvalue weighted by atomic mass is 10.2. The Bertz CT molecular complexity index is 847. The summed E-state index contributed by atoms with van der Waals surface area (Å²) in [4.78, 5) is 15.5. The SMILES string of the molecule is C[C@@H](COc1cccc2cc(C=O)n(CC3CC3)c12)n1ccnc1. The van der Waals surface area contributed by atoms with Crippen LogP contribution in [0.4, 0.5) is 0 Å². The summed E-state index contributed by atoms with van der Waals surface area (Å²) < 4.78 is 10.3. The molecule has 3 aromatic rings. The average molecular weight is 323 g/mol. The van der Waals surface area contributed by atoms with Gasteiger partial charge < -0.3 is 13.9 Å². The first-order valence-electron chi connectivity index (χ1n) is 8.44. The standard InChI is InChI=1S/C19H21N3O2/c1-14(21-8-7-20-13-21)12-24-18-4-2-3-16-9-17(11-23)22(19(16)18)10-15-5-6-15/h2-4,7-9,11,13-15H,5-6,10,12H2,1H3/t14-/m0/s1. The van der Waals surface area contributed by atoms with Crippen LogP contribution in [0.1, 0.15) is 36.3 Å². The van der Waals surface area contributed by atoms with Crippen molar-refractivity contribution in [3.8, 4) is 5.75 Å². The number of ether oxygens (including phenoxy) is 1. The van der Waals surface area contributed by atoms with Crippen molar-refractivity contribution in [2.75, 3.05) is 6.61 Å². The highest BCUT2D eigenvalue weighted by molar-refractivity contribution is 5.92. The van der Waals surface area contributed by atoms with Crippen LogP contribution in [0.5, 0.6) is 5.75 Å². The van der Waals surface area contributed by atoms with E-state index in [1.807, 2.05) is 35.0 Å². The summed E-state index contributed by atoms with van der Waals surface area (Å²) in [6.07, 6.45) is 8.95. The minimum Gasteiger partial charge on any atom is -0.489 e. The van der Waals surface area contributed by atoms with Crippen molar-refractivity contribution in [3.63, 3.8) is 0 Å². The van der Waals surface area contributed by atoms with E-state index in [0.717, 1.165) is 35.2 Å². The molecule has 0 unspecified atom stereocenters. The van der Waals surface area contributed by atoms with E-state index in [2.05, 4.69) is 16.5 Å². The maximum Gasteiger partial charge on any atom is 0.166 e. The van der Waals surface area contributed by atoms with E-state index in [0.29, 0.717) is 12.5 Å². The van der Waals surface area contributed by atoms with E-state index in [-0.39, 0.29) is 6.04 Å². The van der Waals surface area contributed by atoms with Gasteiger partial charge in [0.1, 0.15) is 12.4 Å². The molecule has 0 spiro atoms. The lowest BCUT2D eigenvalue weighted by Gasteiger charge is -2.16. The van der Waals surface area contributed by atoms with E-state index in [9.17, 15) is 4.79 Å². The predicted octanol–water partition coefficient (Wildman–Crippen LogP) is 3.70. The number of carbonyl (C=O) groups is 1. The molecule has 0 aliphatic heterocycles. The number of aldehydes is 1. The summed E-state index contributed by atoms with van der Waals surface area (Å²) in [7, 11) is 0. The van der Waals surface area contributed by atoms with Gasteiger partial charge in [-0.05, 0) is 37.8 Å². The van der Waals surface area contributed by atoms with Crippen LogP contribution >= 0.6 is 0 Å². The van der Waals surface area contributed by atoms with Gasteiger partial charge in [-0.1, -0.05) is 12.1 Å². The van der Waals surface area contributed by atoms with Gasteiger partial charge in [-0.2, -0.15) is 0 Å². The minimum absolute atomic E-state index is 0.195. The van der Waals surface area contributed by atoms with Crippen molar-refractivity contribution in [2.24, 2.45) is 5.92 Å². The van der Waals surface area contributed by atoms with Crippen molar-refractivity contribution in [1.29, 1.82) is 0 Å². The van der Waals surface area contributed by atoms with E-state index < -0.39 is 0 Å². The Labute approximate surface area is 140 Å². The molecule has 2 heterocycles. The second kappa shape index (κ2) is 6.15. The molecule has 0 radical (unpaired) electrons. The second-order valence-corrected chi connectivity index (χ2v) is 6.60. The number of hydrogen-bond acceptors (Lipinski definition) is 3.